The molecule has 4 nitrogen and oxygen atoms in total. The highest BCUT2D eigenvalue weighted by molar-refractivity contribution is 9.10. The fourth-order valence-electron chi connectivity index (χ4n) is 1.24. The zero-order chi connectivity index (χ0) is 12.8. The monoisotopic (exact) mass is 299 g/mol. The van der Waals surface area contributed by atoms with Gasteiger partial charge >= 0.3 is 5.97 Å². The number of rotatable bonds is 5. The normalized spacial score (nSPS) is 11.9. The summed E-state index contributed by atoms with van der Waals surface area (Å²) in [5, 5.41) is 11.3. The number of carboxylic acid groups (broad SMARTS) is 1. The Kier molecular flexibility index (Phi) is 5.15. The standard InChI is InChI=1S/C12H14BrNO3/c1-8(12(16)17)6-11(15)14-7-9-2-4-10(13)5-3-9/h2-5,8H,6-7H2,1H3,(H,14,15)(H,16,17). The summed E-state index contributed by atoms with van der Waals surface area (Å²) in [5.74, 6) is -1.86. The van der Waals surface area contributed by atoms with E-state index in [2.05, 4.69) is 21.2 Å². The fourth-order valence-corrected chi connectivity index (χ4v) is 1.50. The van der Waals surface area contributed by atoms with Crippen LogP contribution >= 0.6 is 15.9 Å². The van der Waals surface area contributed by atoms with Gasteiger partial charge in [-0.25, -0.2) is 0 Å². The van der Waals surface area contributed by atoms with Gasteiger partial charge in [-0.05, 0) is 17.7 Å². The van der Waals surface area contributed by atoms with E-state index in [9.17, 15) is 9.59 Å². The molecule has 0 aliphatic carbocycles. The van der Waals surface area contributed by atoms with Crippen molar-refractivity contribution in [2.45, 2.75) is 19.9 Å². The number of aliphatic carboxylic acids is 1. The number of benzene rings is 1. The van der Waals surface area contributed by atoms with E-state index in [1.54, 1.807) is 0 Å². The van der Waals surface area contributed by atoms with Crippen LogP contribution in [0.15, 0.2) is 28.7 Å². The van der Waals surface area contributed by atoms with Gasteiger partial charge < -0.3 is 10.4 Å². The molecule has 0 heterocycles. The molecule has 0 aliphatic heterocycles. The number of hydrogen-bond donors (Lipinski definition) is 2. The third-order valence-electron chi connectivity index (χ3n) is 2.32. The maximum Gasteiger partial charge on any atom is 0.306 e. The van der Waals surface area contributed by atoms with Crippen molar-refractivity contribution in [3.8, 4) is 0 Å². The van der Waals surface area contributed by atoms with Gasteiger partial charge in [0.15, 0.2) is 0 Å². The molecule has 92 valence electrons. The largest absolute Gasteiger partial charge is 0.481 e. The zero-order valence-corrected chi connectivity index (χ0v) is 11.0. The Morgan fingerprint density at radius 3 is 2.47 bits per heavy atom. The van der Waals surface area contributed by atoms with Gasteiger partial charge in [0.1, 0.15) is 0 Å². The summed E-state index contributed by atoms with van der Waals surface area (Å²) in [5.41, 5.74) is 0.976. The summed E-state index contributed by atoms with van der Waals surface area (Å²) in [6, 6.07) is 7.57. The van der Waals surface area contributed by atoms with Gasteiger partial charge in [-0.15, -0.1) is 0 Å². The first kappa shape index (κ1) is 13.7. The molecule has 1 aromatic rings. The second-order valence-corrected chi connectivity index (χ2v) is 4.76. The molecule has 0 aliphatic rings. The number of amides is 1. The summed E-state index contributed by atoms with van der Waals surface area (Å²) in [7, 11) is 0. The average molecular weight is 300 g/mol. The van der Waals surface area contributed by atoms with Crippen molar-refractivity contribution in [3.63, 3.8) is 0 Å². The second-order valence-electron chi connectivity index (χ2n) is 3.85. The fraction of sp³-hybridized carbons (Fsp3) is 0.333. The summed E-state index contributed by atoms with van der Waals surface area (Å²) >= 11 is 3.32. The van der Waals surface area contributed by atoms with E-state index < -0.39 is 11.9 Å². The molecule has 1 amide bonds. The molecule has 0 bridgehead atoms. The maximum absolute atomic E-state index is 11.4. The lowest BCUT2D eigenvalue weighted by atomic mass is 10.1. The topological polar surface area (TPSA) is 66.4 Å². The zero-order valence-electron chi connectivity index (χ0n) is 9.44. The highest BCUT2D eigenvalue weighted by Crippen LogP contribution is 2.10. The van der Waals surface area contributed by atoms with Gasteiger partial charge in [0.05, 0.1) is 5.92 Å². The minimum atomic E-state index is -0.955. The van der Waals surface area contributed by atoms with Crippen molar-refractivity contribution in [2.24, 2.45) is 5.92 Å². The number of halogens is 1. The number of carboxylic acids is 1. The first-order valence-corrected chi connectivity index (χ1v) is 6.02. The van der Waals surface area contributed by atoms with Gasteiger partial charge in [-0.3, -0.25) is 9.59 Å². The van der Waals surface area contributed by atoms with Crippen LogP contribution in [-0.2, 0) is 16.1 Å². The van der Waals surface area contributed by atoms with E-state index in [1.807, 2.05) is 24.3 Å². The molecular formula is C12H14BrNO3. The molecule has 5 heteroatoms. The van der Waals surface area contributed by atoms with Crippen molar-refractivity contribution >= 4 is 27.8 Å². The van der Waals surface area contributed by atoms with Crippen LogP contribution in [0.4, 0.5) is 0 Å². The molecule has 1 rings (SSSR count). The summed E-state index contributed by atoms with van der Waals surface area (Å²) in [6.45, 7) is 1.93. The molecule has 0 saturated carbocycles. The second kappa shape index (κ2) is 6.39. The molecule has 17 heavy (non-hydrogen) atoms. The average Bonchev–Trinajstić information content (AvgIpc) is 2.28. The number of nitrogens with one attached hydrogen (secondary N) is 1. The van der Waals surface area contributed by atoms with Crippen molar-refractivity contribution in [2.75, 3.05) is 0 Å². The van der Waals surface area contributed by atoms with Crippen LogP contribution in [-0.4, -0.2) is 17.0 Å². The first-order valence-electron chi connectivity index (χ1n) is 5.23. The SMILES string of the molecule is CC(CC(=O)NCc1ccc(Br)cc1)C(=O)O. The van der Waals surface area contributed by atoms with Crippen LogP contribution in [0.5, 0.6) is 0 Å². The number of hydrogen-bond acceptors (Lipinski definition) is 2. The van der Waals surface area contributed by atoms with Crippen LogP contribution in [0, 0.1) is 5.92 Å². The van der Waals surface area contributed by atoms with E-state index in [1.165, 1.54) is 6.92 Å². The molecule has 2 N–H and O–H groups in total. The van der Waals surface area contributed by atoms with Gasteiger partial charge in [0, 0.05) is 17.4 Å². The Bertz CT molecular complexity index is 403. The third kappa shape index (κ3) is 4.99. The number of carbonyl (C=O) groups is 2. The third-order valence-corrected chi connectivity index (χ3v) is 2.84. The molecule has 1 unspecified atom stereocenters. The predicted octanol–water partition coefficient (Wildman–Crippen LogP) is 2.18. The highest BCUT2D eigenvalue weighted by Gasteiger charge is 2.15. The van der Waals surface area contributed by atoms with E-state index in [0.717, 1.165) is 10.0 Å². The molecule has 0 aromatic heterocycles. The molecule has 1 aromatic carbocycles. The first-order chi connectivity index (χ1) is 7.99. The van der Waals surface area contributed by atoms with E-state index in [0.29, 0.717) is 6.54 Å². The van der Waals surface area contributed by atoms with Crippen LogP contribution in [0.3, 0.4) is 0 Å². The van der Waals surface area contributed by atoms with E-state index >= 15 is 0 Å². The van der Waals surface area contributed by atoms with Crippen LogP contribution in [0.25, 0.3) is 0 Å². The van der Waals surface area contributed by atoms with Crippen molar-refractivity contribution in [1.29, 1.82) is 0 Å². The molecule has 0 spiro atoms. The predicted molar refractivity (Wildman–Crippen MR) is 67.4 cm³/mol. The molecule has 0 fully saturated rings. The summed E-state index contributed by atoms with van der Waals surface area (Å²) < 4.78 is 0.979. The summed E-state index contributed by atoms with van der Waals surface area (Å²) in [6.07, 6.45) is 0.00581. The van der Waals surface area contributed by atoms with Gasteiger partial charge in [-0.2, -0.15) is 0 Å². The van der Waals surface area contributed by atoms with Crippen molar-refractivity contribution in [1.82, 2.24) is 5.32 Å². The van der Waals surface area contributed by atoms with Gasteiger partial charge in [0.25, 0.3) is 0 Å². The minimum Gasteiger partial charge on any atom is -0.481 e. The quantitative estimate of drug-likeness (QED) is 0.876. The molecule has 1 atom stereocenters. The Balaban J connectivity index is 2.38. The lowest BCUT2D eigenvalue weighted by Crippen LogP contribution is -2.26. The Labute approximate surface area is 108 Å². The van der Waals surface area contributed by atoms with Crippen molar-refractivity contribution in [3.05, 3.63) is 34.3 Å². The van der Waals surface area contributed by atoms with Crippen LogP contribution < -0.4 is 5.32 Å². The minimum absolute atomic E-state index is 0.00581. The maximum atomic E-state index is 11.4. The smallest absolute Gasteiger partial charge is 0.306 e. The van der Waals surface area contributed by atoms with Gasteiger partial charge in [-0.1, -0.05) is 35.0 Å². The lowest BCUT2D eigenvalue weighted by molar-refractivity contribution is -0.143. The number of carbonyl (C=O) groups excluding carboxylic acids is 1. The van der Waals surface area contributed by atoms with E-state index in [-0.39, 0.29) is 12.3 Å². The van der Waals surface area contributed by atoms with Crippen molar-refractivity contribution < 1.29 is 14.7 Å². The van der Waals surface area contributed by atoms with Crippen LogP contribution in [0.2, 0.25) is 0 Å². The Morgan fingerprint density at radius 2 is 1.94 bits per heavy atom. The Morgan fingerprint density at radius 1 is 1.35 bits per heavy atom. The molecular weight excluding hydrogens is 286 g/mol. The summed E-state index contributed by atoms with van der Waals surface area (Å²) in [4.78, 5) is 22.0. The molecule has 0 saturated heterocycles. The highest BCUT2D eigenvalue weighted by atomic mass is 79.9. The lowest BCUT2D eigenvalue weighted by Gasteiger charge is -2.07. The van der Waals surface area contributed by atoms with Gasteiger partial charge in [0.2, 0.25) is 5.91 Å². The molecule has 0 radical (unpaired) electrons. The van der Waals surface area contributed by atoms with Crippen LogP contribution in [0.1, 0.15) is 18.9 Å². The Hall–Kier alpha value is -1.36. The van der Waals surface area contributed by atoms with E-state index in [4.69, 9.17) is 5.11 Å².